The number of rotatable bonds is 7. The van der Waals surface area contributed by atoms with Crippen molar-refractivity contribution in [2.45, 2.75) is 45.6 Å². The molecular formula is C23H29BrN2O3. The molecule has 156 valence electrons. The standard InChI is InChI=1S/C23H29BrN2O3/c1-15(17-8-11-20(29-5)19(24)14-17)26-21(27)12-13-25-22(28)16-6-9-18(10-7-16)23(2,3)4/h6-11,14-15H,12-13H2,1-5H3,(H,25,28)(H,26,27). The maximum absolute atomic E-state index is 12.3. The number of carbonyl (C=O) groups excluding carboxylic acids is 2. The number of methoxy groups -OCH3 is 1. The highest BCUT2D eigenvalue weighted by Crippen LogP contribution is 2.28. The molecule has 2 aromatic rings. The maximum Gasteiger partial charge on any atom is 0.251 e. The third kappa shape index (κ3) is 6.60. The number of hydrogen-bond donors (Lipinski definition) is 2. The average molecular weight is 461 g/mol. The highest BCUT2D eigenvalue weighted by atomic mass is 79.9. The van der Waals surface area contributed by atoms with Gasteiger partial charge in [-0.25, -0.2) is 0 Å². The minimum Gasteiger partial charge on any atom is -0.496 e. The van der Waals surface area contributed by atoms with Crippen molar-refractivity contribution >= 4 is 27.7 Å². The summed E-state index contributed by atoms with van der Waals surface area (Å²) in [5, 5.41) is 5.75. The van der Waals surface area contributed by atoms with Gasteiger partial charge in [-0.15, -0.1) is 0 Å². The lowest BCUT2D eigenvalue weighted by molar-refractivity contribution is -0.121. The average Bonchev–Trinajstić information content (AvgIpc) is 2.67. The zero-order valence-corrected chi connectivity index (χ0v) is 19.2. The van der Waals surface area contributed by atoms with Crippen molar-refractivity contribution in [3.63, 3.8) is 0 Å². The van der Waals surface area contributed by atoms with Crippen LogP contribution in [0.15, 0.2) is 46.9 Å². The Morgan fingerprint density at radius 1 is 1.10 bits per heavy atom. The van der Waals surface area contributed by atoms with E-state index in [1.807, 2.05) is 49.4 Å². The molecule has 1 unspecified atom stereocenters. The number of halogens is 1. The van der Waals surface area contributed by atoms with E-state index >= 15 is 0 Å². The Morgan fingerprint density at radius 2 is 1.76 bits per heavy atom. The molecule has 0 bridgehead atoms. The quantitative estimate of drug-likeness (QED) is 0.625. The van der Waals surface area contributed by atoms with Gasteiger partial charge in [0.2, 0.25) is 5.91 Å². The summed E-state index contributed by atoms with van der Waals surface area (Å²) in [7, 11) is 1.61. The third-order valence-electron chi connectivity index (χ3n) is 4.70. The summed E-state index contributed by atoms with van der Waals surface area (Å²) in [6.07, 6.45) is 0.216. The fraction of sp³-hybridized carbons (Fsp3) is 0.391. The van der Waals surface area contributed by atoms with E-state index in [1.165, 1.54) is 5.56 Å². The Kier molecular flexibility index (Phi) is 7.85. The topological polar surface area (TPSA) is 67.4 Å². The molecule has 0 heterocycles. The fourth-order valence-electron chi connectivity index (χ4n) is 2.86. The van der Waals surface area contributed by atoms with Crippen molar-refractivity contribution in [3.8, 4) is 5.75 Å². The van der Waals surface area contributed by atoms with Crippen LogP contribution in [0.1, 0.15) is 61.6 Å². The number of benzene rings is 2. The molecule has 0 saturated carbocycles. The van der Waals surface area contributed by atoms with Gasteiger partial charge in [0.1, 0.15) is 5.75 Å². The van der Waals surface area contributed by atoms with Crippen LogP contribution in [0.2, 0.25) is 0 Å². The molecule has 2 amide bonds. The van der Waals surface area contributed by atoms with Crippen LogP contribution in [-0.2, 0) is 10.2 Å². The first-order valence-electron chi connectivity index (χ1n) is 9.63. The van der Waals surface area contributed by atoms with Gasteiger partial charge in [-0.05, 0) is 63.7 Å². The zero-order valence-electron chi connectivity index (χ0n) is 17.6. The number of nitrogens with one attached hydrogen (secondary N) is 2. The van der Waals surface area contributed by atoms with Crippen LogP contribution in [0.25, 0.3) is 0 Å². The molecule has 1 atom stereocenters. The van der Waals surface area contributed by atoms with Gasteiger partial charge in [0, 0.05) is 18.5 Å². The molecule has 6 heteroatoms. The monoisotopic (exact) mass is 460 g/mol. The molecule has 0 aliphatic heterocycles. The Bertz CT molecular complexity index is 857. The summed E-state index contributed by atoms with van der Waals surface area (Å²) in [5.41, 5.74) is 2.78. The highest BCUT2D eigenvalue weighted by molar-refractivity contribution is 9.10. The van der Waals surface area contributed by atoms with Crippen molar-refractivity contribution < 1.29 is 14.3 Å². The van der Waals surface area contributed by atoms with Crippen LogP contribution >= 0.6 is 15.9 Å². The van der Waals surface area contributed by atoms with Crippen molar-refractivity contribution in [2.24, 2.45) is 0 Å². The number of amides is 2. The molecule has 2 N–H and O–H groups in total. The Balaban J connectivity index is 1.81. The van der Waals surface area contributed by atoms with Crippen LogP contribution in [0.5, 0.6) is 5.75 Å². The van der Waals surface area contributed by atoms with Gasteiger partial charge in [-0.2, -0.15) is 0 Å². The molecular weight excluding hydrogens is 432 g/mol. The first kappa shape index (κ1) is 22.9. The summed E-state index contributed by atoms with van der Waals surface area (Å²) in [6, 6.07) is 13.1. The predicted octanol–water partition coefficient (Wildman–Crippen LogP) is 4.75. The number of ether oxygens (including phenoxy) is 1. The number of carbonyl (C=O) groups is 2. The van der Waals surface area contributed by atoms with Crippen molar-refractivity contribution in [3.05, 3.63) is 63.6 Å². The fourth-order valence-corrected chi connectivity index (χ4v) is 3.42. The van der Waals surface area contributed by atoms with Gasteiger partial charge in [0.25, 0.3) is 5.91 Å². The molecule has 0 fully saturated rings. The number of hydrogen-bond acceptors (Lipinski definition) is 3. The van der Waals surface area contributed by atoms with E-state index in [0.717, 1.165) is 15.8 Å². The van der Waals surface area contributed by atoms with Crippen molar-refractivity contribution in [1.82, 2.24) is 10.6 Å². The molecule has 29 heavy (non-hydrogen) atoms. The van der Waals surface area contributed by atoms with Gasteiger partial charge in [0.05, 0.1) is 17.6 Å². The molecule has 0 saturated heterocycles. The van der Waals surface area contributed by atoms with E-state index in [2.05, 4.69) is 47.3 Å². The normalized spacial score (nSPS) is 12.2. The van der Waals surface area contributed by atoms with Gasteiger partial charge < -0.3 is 15.4 Å². The summed E-state index contributed by atoms with van der Waals surface area (Å²) in [5.74, 6) is 0.448. The minimum atomic E-state index is -0.176. The van der Waals surface area contributed by atoms with Crippen LogP contribution in [0, 0.1) is 0 Å². The largest absolute Gasteiger partial charge is 0.496 e. The maximum atomic E-state index is 12.3. The van der Waals surface area contributed by atoms with Gasteiger partial charge in [-0.3, -0.25) is 9.59 Å². The van der Waals surface area contributed by atoms with E-state index in [4.69, 9.17) is 4.74 Å². The van der Waals surface area contributed by atoms with Gasteiger partial charge in [0.15, 0.2) is 0 Å². The van der Waals surface area contributed by atoms with Gasteiger partial charge in [-0.1, -0.05) is 39.0 Å². The Morgan fingerprint density at radius 3 is 2.31 bits per heavy atom. The molecule has 5 nitrogen and oxygen atoms in total. The molecule has 0 aliphatic rings. The van der Waals surface area contributed by atoms with Crippen molar-refractivity contribution in [2.75, 3.05) is 13.7 Å². The smallest absolute Gasteiger partial charge is 0.251 e. The minimum absolute atomic E-state index is 0.0449. The van der Waals surface area contributed by atoms with Crippen LogP contribution in [-0.4, -0.2) is 25.5 Å². The summed E-state index contributed by atoms with van der Waals surface area (Å²) in [4.78, 5) is 24.5. The van der Waals surface area contributed by atoms with Crippen LogP contribution in [0.3, 0.4) is 0 Å². The summed E-state index contributed by atoms with van der Waals surface area (Å²) < 4.78 is 6.06. The van der Waals surface area contributed by atoms with E-state index in [0.29, 0.717) is 5.56 Å². The lowest BCUT2D eigenvalue weighted by Crippen LogP contribution is -2.32. The molecule has 2 rings (SSSR count). The van der Waals surface area contributed by atoms with E-state index < -0.39 is 0 Å². The molecule has 0 spiro atoms. The summed E-state index contributed by atoms with van der Waals surface area (Å²) in [6.45, 7) is 8.59. The van der Waals surface area contributed by atoms with Crippen LogP contribution in [0.4, 0.5) is 0 Å². The Labute approximate surface area is 181 Å². The molecule has 0 radical (unpaired) electrons. The van der Waals surface area contributed by atoms with E-state index in [9.17, 15) is 9.59 Å². The lowest BCUT2D eigenvalue weighted by atomic mass is 9.87. The second kappa shape index (κ2) is 9.92. The molecule has 0 aromatic heterocycles. The van der Waals surface area contributed by atoms with Crippen LogP contribution < -0.4 is 15.4 Å². The second-order valence-electron chi connectivity index (χ2n) is 8.02. The van der Waals surface area contributed by atoms with E-state index in [-0.39, 0.29) is 36.2 Å². The van der Waals surface area contributed by atoms with E-state index in [1.54, 1.807) is 7.11 Å². The lowest BCUT2D eigenvalue weighted by Gasteiger charge is -2.19. The Hall–Kier alpha value is -2.34. The first-order valence-corrected chi connectivity index (χ1v) is 10.4. The molecule has 2 aromatic carbocycles. The second-order valence-corrected chi connectivity index (χ2v) is 8.87. The molecule has 0 aliphatic carbocycles. The highest BCUT2D eigenvalue weighted by Gasteiger charge is 2.15. The zero-order chi connectivity index (χ0) is 21.6. The van der Waals surface area contributed by atoms with Gasteiger partial charge >= 0.3 is 0 Å². The third-order valence-corrected chi connectivity index (χ3v) is 5.32. The SMILES string of the molecule is COc1ccc(C(C)NC(=O)CCNC(=O)c2ccc(C(C)(C)C)cc2)cc1Br. The predicted molar refractivity (Wildman–Crippen MR) is 119 cm³/mol. The summed E-state index contributed by atoms with van der Waals surface area (Å²) >= 11 is 3.45. The first-order chi connectivity index (χ1) is 13.6. The van der Waals surface area contributed by atoms with Crippen molar-refractivity contribution in [1.29, 1.82) is 0 Å².